The number of carbonyl (C=O) groups excluding carboxylic acids is 1. The fourth-order valence-electron chi connectivity index (χ4n) is 2.82. The van der Waals surface area contributed by atoms with Gasteiger partial charge >= 0.3 is 0 Å². The number of methoxy groups -OCH3 is 1. The Balaban J connectivity index is 1.92. The molecule has 0 spiro atoms. The first kappa shape index (κ1) is 14.9. The fraction of sp³-hybridized carbons (Fsp3) is 0.118. The van der Waals surface area contributed by atoms with Crippen LogP contribution in [0.1, 0.15) is 0 Å². The summed E-state index contributed by atoms with van der Waals surface area (Å²) in [6, 6.07) is 11.4. The summed E-state index contributed by atoms with van der Waals surface area (Å²) in [5, 5.41) is 3.76. The van der Waals surface area contributed by atoms with E-state index in [-0.39, 0.29) is 12.5 Å². The van der Waals surface area contributed by atoms with E-state index in [1.165, 1.54) is 6.33 Å². The molecule has 3 aromatic rings. The molecule has 0 unspecified atom stereocenters. The van der Waals surface area contributed by atoms with Crippen LogP contribution in [0.15, 0.2) is 47.2 Å². The summed E-state index contributed by atoms with van der Waals surface area (Å²) in [7, 11) is 1.60. The minimum Gasteiger partial charge on any atom is -0.497 e. The lowest BCUT2D eigenvalue weighted by Gasteiger charge is -2.30. The first-order valence-electron chi connectivity index (χ1n) is 7.31. The van der Waals surface area contributed by atoms with Crippen LogP contribution in [0, 0.1) is 0 Å². The SMILES string of the molecule is COc1ccc2c(c1)NC(=O)CN2c1ncnc2ccc(Br)cc12. The molecule has 2 aromatic carbocycles. The monoisotopic (exact) mass is 384 g/mol. The molecular weight excluding hydrogens is 372 g/mol. The van der Waals surface area contributed by atoms with Crippen molar-refractivity contribution in [2.24, 2.45) is 0 Å². The van der Waals surface area contributed by atoms with Crippen molar-refractivity contribution in [3.63, 3.8) is 0 Å². The van der Waals surface area contributed by atoms with E-state index in [4.69, 9.17) is 4.74 Å². The molecule has 1 N–H and O–H groups in total. The van der Waals surface area contributed by atoms with E-state index in [0.29, 0.717) is 17.3 Å². The number of amides is 1. The standard InChI is InChI=1S/C17H13BrN4O2/c1-24-11-3-5-15-14(7-11)21-16(23)8-22(15)17-12-6-10(18)2-4-13(12)19-9-20-17/h2-7,9H,8H2,1H3,(H,21,23). The highest BCUT2D eigenvalue weighted by molar-refractivity contribution is 9.10. The van der Waals surface area contributed by atoms with Gasteiger partial charge in [-0.25, -0.2) is 9.97 Å². The second-order valence-corrected chi connectivity index (χ2v) is 6.29. The molecule has 2 heterocycles. The van der Waals surface area contributed by atoms with Gasteiger partial charge in [0.2, 0.25) is 5.91 Å². The van der Waals surface area contributed by atoms with Crippen LogP contribution >= 0.6 is 15.9 Å². The number of rotatable bonds is 2. The second-order valence-electron chi connectivity index (χ2n) is 5.38. The number of ether oxygens (including phenoxy) is 1. The molecule has 0 fully saturated rings. The van der Waals surface area contributed by atoms with Crippen LogP contribution in [-0.2, 0) is 4.79 Å². The van der Waals surface area contributed by atoms with Gasteiger partial charge < -0.3 is 15.0 Å². The topological polar surface area (TPSA) is 67.3 Å². The molecule has 0 bridgehead atoms. The van der Waals surface area contributed by atoms with Crippen LogP contribution in [0.5, 0.6) is 5.75 Å². The van der Waals surface area contributed by atoms with E-state index >= 15 is 0 Å². The van der Waals surface area contributed by atoms with Gasteiger partial charge in [0.1, 0.15) is 24.4 Å². The van der Waals surface area contributed by atoms with E-state index in [2.05, 4.69) is 31.2 Å². The van der Waals surface area contributed by atoms with Gasteiger partial charge in [0.25, 0.3) is 0 Å². The molecule has 0 atom stereocenters. The zero-order chi connectivity index (χ0) is 16.7. The Labute approximate surface area is 146 Å². The van der Waals surface area contributed by atoms with Gasteiger partial charge in [-0.05, 0) is 30.3 Å². The summed E-state index contributed by atoms with van der Waals surface area (Å²) in [5.41, 5.74) is 2.40. The normalized spacial score (nSPS) is 13.6. The minimum absolute atomic E-state index is 0.0995. The number of nitrogens with one attached hydrogen (secondary N) is 1. The van der Waals surface area contributed by atoms with E-state index < -0.39 is 0 Å². The van der Waals surface area contributed by atoms with Crippen LogP contribution in [-0.4, -0.2) is 29.5 Å². The molecule has 1 amide bonds. The maximum atomic E-state index is 12.2. The number of hydrogen-bond acceptors (Lipinski definition) is 5. The molecule has 1 aromatic heterocycles. The third kappa shape index (κ3) is 2.46. The van der Waals surface area contributed by atoms with Gasteiger partial charge in [-0.2, -0.15) is 0 Å². The Kier molecular flexibility index (Phi) is 3.57. The third-order valence-corrected chi connectivity index (χ3v) is 4.40. The number of halogens is 1. The molecule has 0 saturated heterocycles. The Morgan fingerprint density at radius 3 is 2.92 bits per heavy atom. The number of anilines is 3. The zero-order valence-corrected chi connectivity index (χ0v) is 14.4. The highest BCUT2D eigenvalue weighted by Crippen LogP contribution is 2.39. The maximum Gasteiger partial charge on any atom is 0.244 e. The van der Waals surface area contributed by atoms with Crippen LogP contribution in [0.3, 0.4) is 0 Å². The molecule has 6 nitrogen and oxygen atoms in total. The van der Waals surface area contributed by atoms with Crippen LogP contribution in [0.25, 0.3) is 10.9 Å². The predicted molar refractivity (Wildman–Crippen MR) is 95.9 cm³/mol. The fourth-order valence-corrected chi connectivity index (χ4v) is 3.18. The van der Waals surface area contributed by atoms with Crippen molar-refractivity contribution >= 4 is 49.9 Å². The van der Waals surface area contributed by atoms with Crippen LogP contribution < -0.4 is 15.0 Å². The lowest BCUT2D eigenvalue weighted by Crippen LogP contribution is -2.35. The summed E-state index contributed by atoms with van der Waals surface area (Å²) < 4.78 is 6.17. The van der Waals surface area contributed by atoms with Gasteiger partial charge in [0.15, 0.2) is 0 Å². The van der Waals surface area contributed by atoms with Gasteiger partial charge in [0.05, 0.1) is 24.0 Å². The van der Waals surface area contributed by atoms with Crippen molar-refractivity contribution in [3.05, 3.63) is 47.2 Å². The highest BCUT2D eigenvalue weighted by Gasteiger charge is 2.26. The summed E-state index contributed by atoms with van der Waals surface area (Å²) in [4.78, 5) is 22.8. The van der Waals surface area contributed by atoms with E-state index in [9.17, 15) is 4.79 Å². The molecule has 1 aliphatic heterocycles. The maximum absolute atomic E-state index is 12.2. The number of aromatic nitrogens is 2. The van der Waals surface area contributed by atoms with Crippen molar-refractivity contribution in [3.8, 4) is 5.75 Å². The predicted octanol–water partition coefficient (Wildman–Crippen LogP) is 3.49. The lowest BCUT2D eigenvalue weighted by molar-refractivity contribution is -0.115. The lowest BCUT2D eigenvalue weighted by atomic mass is 10.1. The van der Waals surface area contributed by atoms with E-state index in [1.807, 2.05) is 35.2 Å². The summed E-state index contributed by atoms with van der Waals surface area (Å²) >= 11 is 3.48. The van der Waals surface area contributed by atoms with Gasteiger partial charge in [0, 0.05) is 15.9 Å². The van der Waals surface area contributed by atoms with Crippen LogP contribution in [0.2, 0.25) is 0 Å². The molecule has 1 aliphatic rings. The number of benzene rings is 2. The summed E-state index contributed by atoms with van der Waals surface area (Å²) in [6.07, 6.45) is 1.52. The minimum atomic E-state index is -0.0995. The van der Waals surface area contributed by atoms with E-state index in [0.717, 1.165) is 21.1 Å². The van der Waals surface area contributed by atoms with Crippen LogP contribution in [0.4, 0.5) is 17.2 Å². The van der Waals surface area contributed by atoms with Gasteiger partial charge in [-0.3, -0.25) is 4.79 Å². The molecule has 0 aliphatic carbocycles. The highest BCUT2D eigenvalue weighted by atomic mass is 79.9. The molecule has 0 saturated carbocycles. The average Bonchev–Trinajstić information content (AvgIpc) is 2.59. The number of carbonyl (C=O) groups is 1. The third-order valence-electron chi connectivity index (χ3n) is 3.90. The largest absolute Gasteiger partial charge is 0.497 e. The van der Waals surface area contributed by atoms with Crippen molar-refractivity contribution in [1.29, 1.82) is 0 Å². The quantitative estimate of drug-likeness (QED) is 0.732. The Bertz CT molecular complexity index is 960. The van der Waals surface area contributed by atoms with Crippen molar-refractivity contribution in [2.45, 2.75) is 0 Å². The van der Waals surface area contributed by atoms with Crippen molar-refractivity contribution < 1.29 is 9.53 Å². The molecule has 24 heavy (non-hydrogen) atoms. The Morgan fingerprint density at radius 1 is 1.21 bits per heavy atom. The number of nitrogens with zero attached hydrogens (tertiary/aromatic N) is 3. The number of hydrogen-bond donors (Lipinski definition) is 1. The second kappa shape index (κ2) is 5.76. The van der Waals surface area contributed by atoms with Crippen molar-refractivity contribution in [2.75, 3.05) is 23.9 Å². The van der Waals surface area contributed by atoms with Gasteiger partial charge in [-0.1, -0.05) is 15.9 Å². The average molecular weight is 385 g/mol. The summed E-state index contributed by atoms with van der Waals surface area (Å²) in [5.74, 6) is 1.28. The summed E-state index contributed by atoms with van der Waals surface area (Å²) in [6.45, 7) is 0.192. The Morgan fingerprint density at radius 2 is 2.08 bits per heavy atom. The first-order chi connectivity index (χ1) is 11.7. The van der Waals surface area contributed by atoms with E-state index in [1.54, 1.807) is 13.2 Å². The molecule has 4 rings (SSSR count). The first-order valence-corrected chi connectivity index (χ1v) is 8.11. The molecule has 120 valence electrons. The Hall–Kier alpha value is -2.67. The molecular formula is C17H13BrN4O2. The van der Waals surface area contributed by atoms with Gasteiger partial charge in [-0.15, -0.1) is 0 Å². The molecule has 0 radical (unpaired) electrons. The number of fused-ring (bicyclic) bond motifs is 2. The molecule has 7 heteroatoms. The smallest absolute Gasteiger partial charge is 0.244 e. The zero-order valence-electron chi connectivity index (χ0n) is 12.8. The van der Waals surface area contributed by atoms with Crippen molar-refractivity contribution in [1.82, 2.24) is 9.97 Å².